The fourth-order valence-electron chi connectivity index (χ4n) is 3.84. The van der Waals surface area contributed by atoms with Crippen LogP contribution in [0.4, 0.5) is 0 Å². The number of allylic oxidation sites excluding steroid dienone is 2. The predicted octanol–water partition coefficient (Wildman–Crippen LogP) is 1.27. The lowest BCUT2D eigenvalue weighted by molar-refractivity contribution is 0.0346. The Bertz CT molecular complexity index is 645. The van der Waals surface area contributed by atoms with Gasteiger partial charge in [-0.25, -0.2) is 23.5 Å². The van der Waals surface area contributed by atoms with E-state index >= 15 is 0 Å². The van der Waals surface area contributed by atoms with Gasteiger partial charge in [0.05, 0.1) is 12.1 Å². The Balaban J connectivity index is 1.99. The first-order valence-corrected chi connectivity index (χ1v) is 8.31. The number of nitrogens with zero attached hydrogens (tertiary/aromatic N) is 3. The molecule has 0 amide bonds. The minimum Gasteiger partial charge on any atom is -0.246 e. The standard InChI is InChI=1S/C12H13Br2N3O2/c1-2-15-11(18)16-5-3-4-6(17(16)12(15)19)8-7(5)9(13)10(8)14/h3-10H,2H2,1H3/t5-,6-,7-,8+,9-,10+/m0/s1. The van der Waals surface area contributed by atoms with Crippen molar-refractivity contribution in [1.82, 2.24) is 13.9 Å². The van der Waals surface area contributed by atoms with Crippen molar-refractivity contribution < 1.29 is 0 Å². The van der Waals surface area contributed by atoms with Crippen LogP contribution in [0, 0.1) is 11.8 Å². The Labute approximate surface area is 126 Å². The third kappa shape index (κ3) is 1.22. The lowest BCUT2D eigenvalue weighted by atomic mass is 9.62. The maximum Gasteiger partial charge on any atom is 0.347 e. The summed E-state index contributed by atoms with van der Waals surface area (Å²) >= 11 is 7.40. The van der Waals surface area contributed by atoms with Crippen molar-refractivity contribution in [2.45, 2.75) is 35.2 Å². The van der Waals surface area contributed by atoms with Gasteiger partial charge in [0.15, 0.2) is 0 Å². The van der Waals surface area contributed by atoms with Gasteiger partial charge < -0.3 is 0 Å². The van der Waals surface area contributed by atoms with Gasteiger partial charge >= 0.3 is 11.4 Å². The Morgan fingerprint density at radius 3 is 1.79 bits per heavy atom. The van der Waals surface area contributed by atoms with Crippen LogP contribution < -0.4 is 11.4 Å². The van der Waals surface area contributed by atoms with Crippen LogP contribution in [0.1, 0.15) is 19.0 Å². The number of alkyl halides is 2. The number of rotatable bonds is 1. The molecule has 7 heteroatoms. The highest BCUT2D eigenvalue weighted by atomic mass is 79.9. The Morgan fingerprint density at radius 1 is 1.00 bits per heavy atom. The van der Waals surface area contributed by atoms with Crippen molar-refractivity contribution >= 4 is 31.9 Å². The van der Waals surface area contributed by atoms with Gasteiger partial charge in [0.1, 0.15) is 0 Å². The molecule has 19 heavy (non-hydrogen) atoms. The summed E-state index contributed by atoms with van der Waals surface area (Å²) in [5.41, 5.74) is -0.356. The fraction of sp³-hybridized carbons (Fsp3) is 0.667. The maximum absolute atomic E-state index is 12.4. The molecule has 0 spiro atoms. The monoisotopic (exact) mass is 389 g/mol. The van der Waals surface area contributed by atoms with Crippen LogP contribution in [-0.2, 0) is 6.54 Å². The minimum absolute atomic E-state index is 0.00109. The third-order valence-corrected chi connectivity index (χ3v) is 7.81. The molecule has 2 aliphatic heterocycles. The van der Waals surface area contributed by atoms with Crippen molar-refractivity contribution in [2.24, 2.45) is 11.8 Å². The van der Waals surface area contributed by atoms with Crippen LogP contribution in [0.15, 0.2) is 21.7 Å². The summed E-state index contributed by atoms with van der Waals surface area (Å²) in [6, 6.07) is 0.00218. The van der Waals surface area contributed by atoms with E-state index in [0.717, 1.165) is 0 Å². The van der Waals surface area contributed by atoms with Gasteiger partial charge in [-0.3, -0.25) is 0 Å². The van der Waals surface area contributed by atoms with Crippen molar-refractivity contribution in [2.75, 3.05) is 0 Å². The molecule has 0 unspecified atom stereocenters. The summed E-state index contributed by atoms with van der Waals surface area (Å²) in [6.45, 7) is 2.26. The van der Waals surface area contributed by atoms with E-state index < -0.39 is 0 Å². The fourth-order valence-corrected chi connectivity index (χ4v) is 5.87. The molecule has 102 valence electrons. The highest BCUT2D eigenvalue weighted by Gasteiger charge is 2.60. The first kappa shape index (κ1) is 12.2. The average molecular weight is 391 g/mol. The summed E-state index contributed by atoms with van der Waals surface area (Å²) < 4.78 is 4.64. The zero-order valence-corrected chi connectivity index (χ0v) is 13.4. The van der Waals surface area contributed by atoms with E-state index in [9.17, 15) is 9.59 Å². The van der Waals surface area contributed by atoms with Gasteiger partial charge in [-0.1, -0.05) is 44.0 Å². The molecule has 1 aromatic heterocycles. The molecule has 1 fully saturated rings. The second-order valence-electron chi connectivity index (χ2n) is 5.41. The average Bonchev–Trinajstić information content (AvgIpc) is 2.70. The molecular formula is C12H13Br2N3O2. The van der Waals surface area contributed by atoms with Gasteiger partial charge in [-0.2, -0.15) is 0 Å². The Kier molecular flexibility index (Phi) is 2.41. The lowest BCUT2D eigenvalue weighted by Crippen LogP contribution is -2.63. The SMILES string of the molecule is CCn1c(=O)n2n(c1=O)[C@H]1C=C[C@H]2[C@@H]2[C@H](Br)[C@H](Br)[C@@H]21. The number of hydrogen-bond acceptors (Lipinski definition) is 2. The third-order valence-electron chi connectivity index (χ3n) is 4.75. The highest BCUT2D eigenvalue weighted by molar-refractivity contribution is 9.12. The van der Waals surface area contributed by atoms with Crippen LogP contribution in [0.5, 0.6) is 0 Å². The second kappa shape index (κ2) is 3.75. The molecule has 3 heterocycles. The van der Waals surface area contributed by atoms with Crippen LogP contribution in [0.3, 0.4) is 0 Å². The Hall–Kier alpha value is -0.560. The first-order valence-electron chi connectivity index (χ1n) is 6.48. The van der Waals surface area contributed by atoms with Crippen molar-refractivity contribution in [3.8, 4) is 0 Å². The normalized spacial score (nSPS) is 41.8. The molecule has 5 rings (SSSR count). The van der Waals surface area contributed by atoms with Crippen molar-refractivity contribution in [3.05, 3.63) is 33.1 Å². The second-order valence-corrected chi connectivity index (χ2v) is 7.52. The van der Waals surface area contributed by atoms with E-state index in [4.69, 9.17) is 0 Å². The number of aromatic nitrogens is 3. The van der Waals surface area contributed by atoms with E-state index in [-0.39, 0.29) is 23.5 Å². The molecule has 6 atom stereocenters. The Morgan fingerprint density at radius 2 is 1.42 bits per heavy atom. The summed E-state index contributed by atoms with van der Waals surface area (Å²) in [4.78, 5) is 25.4. The van der Waals surface area contributed by atoms with E-state index in [1.165, 1.54) is 4.57 Å². The summed E-state index contributed by atoms with van der Waals surface area (Å²) in [7, 11) is 0. The van der Waals surface area contributed by atoms with E-state index in [0.29, 0.717) is 28.0 Å². The molecule has 0 N–H and O–H groups in total. The van der Waals surface area contributed by atoms with Gasteiger partial charge in [-0.15, -0.1) is 0 Å². The molecule has 1 aromatic rings. The lowest BCUT2D eigenvalue weighted by Gasteiger charge is -2.58. The van der Waals surface area contributed by atoms with Crippen molar-refractivity contribution in [3.63, 3.8) is 0 Å². The van der Waals surface area contributed by atoms with Gasteiger partial charge in [0.2, 0.25) is 0 Å². The summed E-state index contributed by atoms with van der Waals surface area (Å²) in [6.07, 6.45) is 4.17. The van der Waals surface area contributed by atoms with E-state index in [1.54, 1.807) is 9.36 Å². The zero-order valence-electron chi connectivity index (χ0n) is 10.2. The molecule has 0 radical (unpaired) electrons. The maximum atomic E-state index is 12.4. The quantitative estimate of drug-likeness (QED) is 0.535. The smallest absolute Gasteiger partial charge is 0.246 e. The zero-order chi connectivity index (χ0) is 13.5. The summed E-state index contributed by atoms with van der Waals surface area (Å²) in [5, 5.41) is 0. The van der Waals surface area contributed by atoms with Gasteiger partial charge in [0, 0.05) is 28.0 Å². The minimum atomic E-state index is -0.178. The number of hydrogen-bond donors (Lipinski definition) is 0. The van der Waals surface area contributed by atoms with Crippen LogP contribution in [0.2, 0.25) is 0 Å². The predicted molar refractivity (Wildman–Crippen MR) is 78.3 cm³/mol. The van der Waals surface area contributed by atoms with Gasteiger partial charge in [-0.05, 0) is 6.92 Å². The van der Waals surface area contributed by atoms with Gasteiger partial charge in [0.25, 0.3) is 0 Å². The van der Waals surface area contributed by atoms with E-state index in [2.05, 4.69) is 44.0 Å². The molecule has 2 aliphatic carbocycles. The topological polar surface area (TPSA) is 48.9 Å². The largest absolute Gasteiger partial charge is 0.347 e. The van der Waals surface area contributed by atoms with Crippen LogP contribution in [0.25, 0.3) is 0 Å². The highest BCUT2D eigenvalue weighted by Crippen LogP contribution is 2.59. The molecule has 4 aliphatic rings. The van der Waals surface area contributed by atoms with Crippen molar-refractivity contribution in [1.29, 1.82) is 0 Å². The number of halogens is 2. The van der Waals surface area contributed by atoms with Crippen LogP contribution in [-0.4, -0.2) is 23.6 Å². The molecule has 5 nitrogen and oxygen atoms in total. The molecule has 2 bridgehead atoms. The molecular weight excluding hydrogens is 378 g/mol. The summed E-state index contributed by atoms with van der Waals surface area (Å²) in [5.74, 6) is 0.786. The molecule has 0 saturated heterocycles. The first-order chi connectivity index (χ1) is 9.07. The molecule has 0 aromatic carbocycles. The van der Waals surface area contributed by atoms with E-state index in [1.807, 2.05) is 6.92 Å². The molecule has 1 saturated carbocycles. The van der Waals surface area contributed by atoms with Crippen LogP contribution >= 0.6 is 31.9 Å².